The van der Waals surface area contributed by atoms with Crippen molar-refractivity contribution in [3.05, 3.63) is 0 Å². The maximum Gasteiger partial charge on any atom is 0.422 e. The highest BCUT2D eigenvalue weighted by Gasteiger charge is 2.29. The Morgan fingerprint density at radius 1 is 1.23 bits per heavy atom. The minimum Gasteiger partial charge on any atom is -0.456 e. The topological polar surface area (TPSA) is 43.4 Å². The molecular formula is C6H6ClF3O3. The van der Waals surface area contributed by atoms with Crippen molar-refractivity contribution in [1.29, 1.82) is 0 Å². The highest BCUT2D eigenvalue weighted by Crippen LogP contribution is 2.14. The molecule has 0 aromatic heterocycles. The summed E-state index contributed by atoms with van der Waals surface area (Å²) in [5.41, 5.74) is 0. The van der Waals surface area contributed by atoms with Gasteiger partial charge in [0.25, 0.3) is 0 Å². The molecule has 3 nitrogen and oxygen atoms in total. The highest BCUT2D eigenvalue weighted by molar-refractivity contribution is 6.63. The third kappa shape index (κ3) is 9.13. The minimum absolute atomic E-state index is 0.321. The molecule has 0 fully saturated rings. The van der Waals surface area contributed by atoms with Crippen LogP contribution in [0.15, 0.2) is 0 Å². The number of halogens is 4. The van der Waals surface area contributed by atoms with Crippen LogP contribution < -0.4 is 0 Å². The van der Waals surface area contributed by atoms with Crippen molar-refractivity contribution in [2.75, 3.05) is 6.61 Å². The van der Waals surface area contributed by atoms with Crippen LogP contribution in [-0.4, -0.2) is 24.0 Å². The quantitative estimate of drug-likeness (QED) is 0.532. The van der Waals surface area contributed by atoms with Crippen molar-refractivity contribution in [3.63, 3.8) is 0 Å². The van der Waals surface area contributed by atoms with Crippen molar-refractivity contribution in [2.45, 2.75) is 19.0 Å². The molecule has 0 rings (SSSR count). The fourth-order valence-corrected chi connectivity index (χ4v) is 0.529. The zero-order chi connectivity index (χ0) is 10.5. The van der Waals surface area contributed by atoms with E-state index in [2.05, 4.69) is 4.74 Å². The molecule has 76 valence electrons. The second kappa shape index (κ2) is 5.06. The first-order chi connectivity index (χ1) is 5.81. The Morgan fingerprint density at radius 2 is 1.77 bits per heavy atom. The van der Waals surface area contributed by atoms with E-state index < -0.39 is 30.4 Å². The van der Waals surface area contributed by atoms with Crippen molar-refractivity contribution >= 4 is 22.8 Å². The van der Waals surface area contributed by atoms with Crippen LogP contribution in [0.1, 0.15) is 12.8 Å². The Morgan fingerprint density at radius 3 is 2.15 bits per heavy atom. The number of carbonyl (C=O) groups is 2. The van der Waals surface area contributed by atoms with Gasteiger partial charge in [0.1, 0.15) is 0 Å². The van der Waals surface area contributed by atoms with Crippen LogP contribution in [0.25, 0.3) is 0 Å². The van der Waals surface area contributed by atoms with Crippen LogP contribution in [0.2, 0.25) is 0 Å². The van der Waals surface area contributed by atoms with E-state index in [0.717, 1.165) is 0 Å². The third-order valence-electron chi connectivity index (χ3n) is 0.922. The predicted molar refractivity (Wildman–Crippen MR) is 37.1 cm³/mol. The van der Waals surface area contributed by atoms with Gasteiger partial charge < -0.3 is 4.74 Å². The van der Waals surface area contributed by atoms with Gasteiger partial charge in [-0.2, -0.15) is 13.2 Å². The number of carbonyl (C=O) groups excluding carboxylic acids is 2. The summed E-state index contributed by atoms with van der Waals surface area (Å²) >= 11 is 4.84. The van der Waals surface area contributed by atoms with Gasteiger partial charge in [-0.05, 0) is 11.6 Å². The summed E-state index contributed by atoms with van der Waals surface area (Å²) in [6.45, 7) is -1.64. The highest BCUT2D eigenvalue weighted by atomic mass is 35.5. The first-order valence-corrected chi connectivity index (χ1v) is 3.60. The summed E-state index contributed by atoms with van der Waals surface area (Å²) in [5, 5.41) is -0.788. The molecule has 13 heavy (non-hydrogen) atoms. The summed E-state index contributed by atoms with van der Waals surface area (Å²) in [4.78, 5) is 20.5. The first kappa shape index (κ1) is 12.2. The molecule has 0 aromatic rings. The lowest BCUT2D eigenvalue weighted by Gasteiger charge is -2.06. The van der Waals surface area contributed by atoms with Gasteiger partial charge in [-0.3, -0.25) is 9.59 Å². The monoisotopic (exact) mass is 218 g/mol. The number of hydrogen-bond donors (Lipinski definition) is 0. The molecule has 0 N–H and O–H groups in total. The normalized spacial score (nSPS) is 11.1. The lowest BCUT2D eigenvalue weighted by Crippen LogP contribution is -2.20. The SMILES string of the molecule is O=C(Cl)CCC(=O)OCC(F)(F)F. The Hall–Kier alpha value is -0.780. The maximum absolute atomic E-state index is 11.4. The van der Waals surface area contributed by atoms with Crippen molar-refractivity contribution in [3.8, 4) is 0 Å². The summed E-state index contributed by atoms with van der Waals surface area (Å²) < 4.78 is 38.1. The molecule has 0 saturated heterocycles. The molecule has 0 spiro atoms. The molecule has 0 atom stereocenters. The van der Waals surface area contributed by atoms with Crippen LogP contribution in [-0.2, 0) is 14.3 Å². The Bertz CT molecular complexity index is 202. The number of ether oxygens (including phenoxy) is 1. The number of alkyl halides is 3. The Labute approximate surface area is 76.8 Å². The van der Waals surface area contributed by atoms with E-state index in [0.29, 0.717) is 0 Å². The maximum atomic E-state index is 11.4. The average Bonchev–Trinajstić information content (AvgIpc) is 1.95. The van der Waals surface area contributed by atoms with E-state index in [1.54, 1.807) is 0 Å². The van der Waals surface area contributed by atoms with E-state index in [9.17, 15) is 22.8 Å². The standard InChI is InChI=1S/C6H6ClF3O3/c7-4(11)1-2-5(12)13-3-6(8,9)10/h1-3H2. The molecule has 0 aliphatic rings. The lowest BCUT2D eigenvalue weighted by atomic mass is 10.3. The Balaban J connectivity index is 3.58. The molecule has 7 heteroatoms. The van der Waals surface area contributed by atoms with E-state index in [1.165, 1.54) is 0 Å². The summed E-state index contributed by atoms with van der Waals surface area (Å²) in [5.74, 6) is -1.09. The van der Waals surface area contributed by atoms with E-state index in [4.69, 9.17) is 11.6 Å². The first-order valence-electron chi connectivity index (χ1n) is 3.22. The molecule has 0 aliphatic carbocycles. The second-order valence-electron chi connectivity index (χ2n) is 2.13. The van der Waals surface area contributed by atoms with E-state index >= 15 is 0 Å². The van der Waals surface area contributed by atoms with Crippen molar-refractivity contribution in [1.82, 2.24) is 0 Å². The largest absolute Gasteiger partial charge is 0.456 e. The fourth-order valence-electron chi connectivity index (χ4n) is 0.435. The number of rotatable bonds is 4. The summed E-state index contributed by atoms with van der Waals surface area (Å²) in [6, 6.07) is 0. The molecule has 0 aromatic carbocycles. The molecule has 0 bridgehead atoms. The van der Waals surface area contributed by atoms with E-state index in [1.807, 2.05) is 0 Å². The number of esters is 1. The van der Waals surface area contributed by atoms with Gasteiger partial charge in [0, 0.05) is 6.42 Å². The van der Waals surface area contributed by atoms with Crippen LogP contribution >= 0.6 is 11.6 Å². The predicted octanol–water partition coefficient (Wildman–Crippen LogP) is 1.64. The third-order valence-corrected chi connectivity index (χ3v) is 1.11. The van der Waals surface area contributed by atoms with Crippen LogP contribution in [0, 0.1) is 0 Å². The molecule has 0 heterocycles. The van der Waals surface area contributed by atoms with Crippen LogP contribution in [0.4, 0.5) is 13.2 Å². The zero-order valence-electron chi connectivity index (χ0n) is 6.36. The summed E-state index contributed by atoms with van der Waals surface area (Å²) in [6.07, 6.45) is -5.29. The molecule has 0 radical (unpaired) electrons. The fraction of sp³-hybridized carbons (Fsp3) is 0.667. The molecule has 0 aliphatic heterocycles. The lowest BCUT2D eigenvalue weighted by molar-refractivity contribution is -0.186. The Kier molecular flexibility index (Phi) is 4.76. The van der Waals surface area contributed by atoms with Crippen LogP contribution in [0.3, 0.4) is 0 Å². The van der Waals surface area contributed by atoms with Gasteiger partial charge in [0.2, 0.25) is 5.24 Å². The average molecular weight is 219 g/mol. The van der Waals surface area contributed by atoms with Gasteiger partial charge in [-0.25, -0.2) is 0 Å². The molecular weight excluding hydrogens is 213 g/mol. The summed E-state index contributed by atoms with van der Waals surface area (Å²) in [7, 11) is 0. The minimum atomic E-state index is -4.54. The smallest absolute Gasteiger partial charge is 0.422 e. The second-order valence-corrected chi connectivity index (χ2v) is 2.55. The van der Waals surface area contributed by atoms with Gasteiger partial charge in [-0.15, -0.1) is 0 Å². The zero-order valence-corrected chi connectivity index (χ0v) is 7.11. The van der Waals surface area contributed by atoms with Gasteiger partial charge in [-0.1, -0.05) is 0 Å². The number of hydrogen-bond acceptors (Lipinski definition) is 3. The van der Waals surface area contributed by atoms with Gasteiger partial charge in [0.15, 0.2) is 6.61 Å². The van der Waals surface area contributed by atoms with Crippen molar-refractivity contribution in [2.24, 2.45) is 0 Å². The van der Waals surface area contributed by atoms with Gasteiger partial charge in [0.05, 0.1) is 6.42 Å². The molecule has 0 unspecified atom stereocenters. The van der Waals surface area contributed by atoms with E-state index in [-0.39, 0.29) is 6.42 Å². The van der Waals surface area contributed by atoms with Crippen LogP contribution in [0.5, 0.6) is 0 Å². The molecule has 0 amide bonds. The van der Waals surface area contributed by atoms with Gasteiger partial charge >= 0.3 is 12.1 Å². The molecule has 0 saturated carbocycles. The van der Waals surface area contributed by atoms with Crippen molar-refractivity contribution < 1.29 is 27.5 Å².